The van der Waals surface area contributed by atoms with Crippen LogP contribution < -0.4 is 5.32 Å². The van der Waals surface area contributed by atoms with Crippen LogP contribution in [0, 0.1) is 0 Å². The molecule has 1 heterocycles. The van der Waals surface area contributed by atoms with Crippen LogP contribution in [0.1, 0.15) is 13.3 Å². The zero-order valence-electron chi connectivity index (χ0n) is 7.21. The van der Waals surface area contributed by atoms with Gasteiger partial charge >= 0.3 is 0 Å². The molecule has 3 heteroatoms. The van der Waals surface area contributed by atoms with Gasteiger partial charge < -0.3 is 15.3 Å². The molecular formula is C8H18N2O. The number of hydrogen-bond acceptors (Lipinski definition) is 3. The van der Waals surface area contributed by atoms with Crippen LogP contribution in [0.5, 0.6) is 0 Å². The van der Waals surface area contributed by atoms with Gasteiger partial charge in [0.15, 0.2) is 0 Å². The van der Waals surface area contributed by atoms with Crippen molar-refractivity contribution in [2.75, 3.05) is 32.8 Å². The minimum Gasteiger partial charge on any atom is -0.395 e. The van der Waals surface area contributed by atoms with E-state index in [0.29, 0.717) is 0 Å². The van der Waals surface area contributed by atoms with E-state index in [1.807, 2.05) is 0 Å². The van der Waals surface area contributed by atoms with E-state index in [0.717, 1.165) is 19.6 Å². The molecule has 0 aliphatic carbocycles. The predicted octanol–water partition coefficient (Wildman–Crippen LogP) is -0.338. The number of rotatable bonds is 2. The first-order valence-electron chi connectivity index (χ1n) is 4.43. The van der Waals surface area contributed by atoms with Crippen molar-refractivity contribution in [2.45, 2.75) is 19.4 Å². The van der Waals surface area contributed by atoms with Crippen molar-refractivity contribution in [3.05, 3.63) is 0 Å². The van der Waals surface area contributed by atoms with E-state index in [9.17, 15) is 0 Å². The van der Waals surface area contributed by atoms with Crippen molar-refractivity contribution in [3.8, 4) is 0 Å². The van der Waals surface area contributed by atoms with Gasteiger partial charge in [-0.25, -0.2) is 0 Å². The van der Waals surface area contributed by atoms with Gasteiger partial charge in [0, 0.05) is 12.6 Å². The summed E-state index contributed by atoms with van der Waals surface area (Å²) in [5.74, 6) is 0. The molecule has 1 unspecified atom stereocenters. The molecule has 66 valence electrons. The average molecular weight is 158 g/mol. The molecule has 1 aliphatic rings. The lowest BCUT2D eigenvalue weighted by molar-refractivity contribution is 0.205. The monoisotopic (exact) mass is 158 g/mol. The Labute approximate surface area is 68.4 Å². The van der Waals surface area contributed by atoms with Crippen LogP contribution in [0.25, 0.3) is 0 Å². The maximum absolute atomic E-state index is 8.94. The maximum atomic E-state index is 8.94. The first-order chi connectivity index (χ1) is 5.36. The van der Waals surface area contributed by atoms with Crippen LogP contribution in [0.4, 0.5) is 0 Å². The van der Waals surface area contributed by atoms with E-state index in [4.69, 9.17) is 5.11 Å². The first-order valence-corrected chi connectivity index (χ1v) is 4.43. The Morgan fingerprint density at radius 3 is 3.09 bits per heavy atom. The summed E-state index contributed by atoms with van der Waals surface area (Å²) < 4.78 is 0. The zero-order chi connectivity index (χ0) is 8.10. The molecule has 0 saturated carbocycles. The summed E-state index contributed by atoms with van der Waals surface area (Å²) >= 11 is 0. The minimum absolute atomic E-state index is 0.260. The molecule has 1 saturated heterocycles. The quantitative estimate of drug-likeness (QED) is 0.577. The fourth-order valence-electron chi connectivity index (χ4n) is 1.49. The molecule has 11 heavy (non-hydrogen) atoms. The van der Waals surface area contributed by atoms with Crippen LogP contribution in [0.3, 0.4) is 0 Å². The Kier molecular flexibility index (Phi) is 3.83. The Hall–Kier alpha value is -0.120. The van der Waals surface area contributed by atoms with E-state index >= 15 is 0 Å². The summed E-state index contributed by atoms with van der Waals surface area (Å²) in [6.45, 7) is 6.73. The third-order valence-electron chi connectivity index (χ3n) is 2.23. The lowest BCUT2D eigenvalue weighted by Crippen LogP contribution is -2.40. The topological polar surface area (TPSA) is 35.5 Å². The predicted molar refractivity (Wildman–Crippen MR) is 45.6 cm³/mol. The molecule has 1 aliphatic heterocycles. The Bertz CT molecular complexity index is 96.3. The van der Waals surface area contributed by atoms with Gasteiger partial charge in [0.2, 0.25) is 0 Å². The number of likely N-dealkylation sites (N-methyl/N-ethyl adjacent to an activating group) is 1. The summed E-state index contributed by atoms with van der Waals surface area (Å²) in [6, 6.07) is 0.289. The SMILES string of the molecule is CCN1CCCNC(CO)C1. The molecule has 1 fully saturated rings. The smallest absolute Gasteiger partial charge is 0.0597 e. The highest BCUT2D eigenvalue weighted by Crippen LogP contribution is 1.98. The highest BCUT2D eigenvalue weighted by atomic mass is 16.3. The number of nitrogens with zero attached hydrogens (tertiary/aromatic N) is 1. The van der Waals surface area contributed by atoms with Gasteiger partial charge in [-0.2, -0.15) is 0 Å². The van der Waals surface area contributed by atoms with Crippen LogP contribution >= 0.6 is 0 Å². The highest BCUT2D eigenvalue weighted by Gasteiger charge is 2.14. The molecule has 0 amide bonds. The molecule has 0 aromatic rings. The minimum atomic E-state index is 0.260. The van der Waals surface area contributed by atoms with Crippen molar-refractivity contribution >= 4 is 0 Å². The number of nitrogens with one attached hydrogen (secondary N) is 1. The van der Waals surface area contributed by atoms with Crippen molar-refractivity contribution in [2.24, 2.45) is 0 Å². The van der Waals surface area contributed by atoms with Crippen molar-refractivity contribution in [1.29, 1.82) is 0 Å². The summed E-state index contributed by atoms with van der Waals surface area (Å²) in [7, 11) is 0. The summed E-state index contributed by atoms with van der Waals surface area (Å²) in [6.07, 6.45) is 1.20. The van der Waals surface area contributed by atoms with Crippen molar-refractivity contribution < 1.29 is 5.11 Å². The Morgan fingerprint density at radius 2 is 2.45 bits per heavy atom. The number of hydrogen-bond donors (Lipinski definition) is 2. The third kappa shape index (κ3) is 2.77. The fourth-order valence-corrected chi connectivity index (χ4v) is 1.49. The normalized spacial score (nSPS) is 28.4. The average Bonchev–Trinajstić information content (AvgIpc) is 2.28. The second-order valence-corrected chi connectivity index (χ2v) is 3.08. The Morgan fingerprint density at radius 1 is 1.64 bits per heavy atom. The van der Waals surface area contributed by atoms with E-state index < -0.39 is 0 Å². The lowest BCUT2D eigenvalue weighted by atomic mass is 10.3. The van der Waals surface area contributed by atoms with Crippen molar-refractivity contribution in [3.63, 3.8) is 0 Å². The van der Waals surface area contributed by atoms with Gasteiger partial charge in [0.25, 0.3) is 0 Å². The molecular weight excluding hydrogens is 140 g/mol. The number of aliphatic hydroxyl groups excluding tert-OH is 1. The van der Waals surface area contributed by atoms with Gasteiger partial charge in [0.05, 0.1) is 6.61 Å². The second kappa shape index (κ2) is 4.70. The molecule has 1 atom stereocenters. The van der Waals surface area contributed by atoms with Crippen LogP contribution in [0.15, 0.2) is 0 Å². The third-order valence-corrected chi connectivity index (χ3v) is 2.23. The molecule has 1 rings (SSSR count). The van der Waals surface area contributed by atoms with E-state index in [2.05, 4.69) is 17.1 Å². The standard InChI is InChI=1S/C8H18N2O/c1-2-10-5-3-4-9-8(6-10)7-11/h8-9,11H,2-7H2,1H3. The van der Waals surface area contributed by atoms with Crippen LogP contribution in [-0.4, -0.2) is 48.8 Å². The first kappa shape index (κ1) is 8.97. The number of aliphatic hydroxyl groups is 1. The van der Waals surface area contributed by atoms with Gasteiger partial charge in [-0.1, -0.05) is 6.92 Å². The van der Waals surface area contributed by atoms with E-state index in [1.54, 1.807) is 0 Å². The second-order valence-electron chi connectivity index (χ2n) is 3.08. The molecule has 2 N–H and O–H groups in total. The molecule has 0 aromatic heterocycles. The maximum Gasteiger partial charge on any atom is 0.0597 e. The van der Waals surface area contributed by atoms with Gasteiger partial charge in [-0.3, -0.25) is 0 Å². The summed E-state index contributed by atoms with van der Waals surface area (Å²) in [5, 5.41) is 12.2. The molecule has 0 spiro atoms. The summed E-state index contributed by atoms with van der Waals surface area (Å²) in [5.41, 5.74) is 0. The van der Waals surface area contributed by atoms with Gasteiger partial charge in [0.1, 0.15) is 0 Å². The molecule has 0 bridgehead atoms. The summed E-state index contributed by atoms with van der Waals surface area (Å²) in [4.78, 5) is 2.38. The zero-order valence-corrected chi connectivity index (χ0v) is 7.21. The molecule has 0 radical (unpaired) electrons. The van der Waals surface area contributed by atoms with Crippen molar-refractivity contribution in [1.82, 2.24) is 10.2 Å². The van der Waals surface area contributed by atoms with E-state index in [1.165, 1.54) is 13.0 Å². The van der Waals surface area contributed by atoms with E-state index in [-0.39, 0.29) is 12.6 Å². The largest absolute Gasteiger partial charge is 0.395 e. The van der Waals surface area contributed by atoms with Gasteiger partial charge in [-0.15, -0.1) is 0 Å². The molecule has 3 nitrogen and oxygen atoms in total. The van der Waals surface area contributed by atoms with Crippen LogP contribution in [0.2, 0.25) is 0 Å². The van der Waals surface area contributed by atoms with Gasteiger partial charge in [-0.05, 0) is 26.1 Å². The lowest BCUT2D eigenvalue weighted by Gasteiger charge is -2.20. The Balaban J connectivity index is 2.33. The molecule has 0 aromatic carbocycles. The van der Waals surface area contributed by atoms with Crippen LogP contribution in [-0.2, 0) is 0 Å². The fraction of sp³-hybridized carbons (Fsp3) is 1.00. The highest BCUT2D eigenvalue weighted by molar-refractivity contribution is 4.74.